The van der Waals surface area contributed by atoms with E-state index in [9.17, 15) is 5.11 Å². The molecule has 1 aromatic heterocycles. The molecule has 1 atom stereocenters. The van der Waals surface area contributed by atoms with Crippen LogP contribution in [0.4, 0.5) is 0 Å². The monoisotopic (exact) mass is 296 g/mol. The third-order valence-corrected chi connectivity index (χ3v) is 4.61. The number of aliphatic hydroxyl groups is 1. The first kappa shape index (κ1) is 14.4. The van der Waals surface area contributed by atoms with Gasteiger partial charge in [-0.15, -0.1) is 11.3 Å². The van der Waals surface area contributed by atoms with E-state index in [1.807, 2.05) is 36.6 Å². The molecule has 0 spiro atoms. The van der Waals surface area contributed by atoms with Crippen molar-refractivity contribution in [3.63, 3.8) is 0 Å². The molecule has 0 aliphatic heterocycles. The third kappa shape index (κ3) is 3.30. The van der Waals surface area contributed by atoms with Gasteiger partial charge in [0.05, 0.1) is 16.5 Å². The number of hydrogen-bond donors (Lipinski definition) is 1. The van der Waals surface area contributed by atoms with Crippen molar-refractivity contribution in [1.82, 2.24) is 0 Å². The lowest BCUT2D eigenvalue weighted by atomic mass is 10.1. The molecule has 0 saturated carbocycles. The number of aryl methyl sites for hydroxylation is 1. The fourth-order valence-corrected chi connectivity index (χ4v) is 3.06. The molecule has 1 N–H and O–H groups in total. The Labute approximate surface area is 122 Å². The minimum atomic E-state index is -0.675. The molecule has 0 fully saturated rings. The summed E-state index contributed by atoms with van der Waals surface area (Å²) in [5.74, 6) is 0.825. The van der Waals surface area contributed by atoms with Gasteiger partial charge in [-0.25, -0.2) is 0 Å². The van der Waals surface area contributed by atoms with Gasteiger partial charge in [0.1, 0.15) is 11.9 Å². The van der Waals surface area contributed by atoms with Crippen LogP contribution in [-0.2, 0) is 0 Å². The highest BCUT2D eigenvalue weighted by Gasteiger charge is 2.17. The Hall–Kier alpha value is -1.03. The van der Waals surface area contributed by atoms with Gasteiger partial charge in [-0.1, -0.05) is 30.7 Å². The van der Waals surface area contributed by atoms with Crippen molar-refractivity contribution in [2.24, 2.45) is 0 Å². The van der Waals surface area contributed by atoms with Gasteiger partial charge in [-0.05, 0) is 42.0 Å². The standard InChI is InChI=1S/C15H17ClO2S/c1-3-8-18-12-6-4-11(5-7-12)14(17)15-13(16)10(2)9-19-15/h4-7,9,14,17H,3,8H2,1-2H3. The average molecular weight is 297 g/mol. The Kier molecular flexibility index (Phi) is 4.86. The van der Waals surface area contributed by atoms with Crippen LogP contribution >= 0.6 is 22.9 Å². The summed E-state index contributed by atoms with van der Waals surface area (Å²) in [6.07, 6.45) is 0.306. The number of thiophene rings is 1. The van der Waals surface area contributed by atoms with Crippen molar-refractivity contribution in [3.8, 4) is 5.75 Å². The van der Waals surface area contributed by atoms with Crippen molar-refractivity contribution in [3.05, 3.63) is 50.7 Å². The fraction of sp³-hybridized carbons (Fsp3) is 0.333. The van der Waals surface area contributed by atoms with Gasteiger partial charge in [-0.2, -0.15) is 0 Å². The quantitative estimate of drug-likeness (QED) is 0.875. The highest BCUT2D eigenvalue weighted by atomic mass is 35.5. The summed E-state index contributed by atoms with van der Waals surface area (Å²) < 4.78 is 5.52. The maximum Gasteiger partial charge on any atom is 0.119 e. The summed E-state index contributed by atoms with van der Waals surface area (Å²) in [7, 11) is 0. The van der Waals surface area contributed by atoms with Crippen molar-refractivity contribution < 1.29 is 9.84 Å². The first-order valence-corrected chi connectivity index (χ1v) is 7.53. The van der Waals surface area contributed by atoms with Crippen LogP contribution in [0.1, 0.15) is 35.5 Å². The predicted molar refractivity (Wildman–Crippen MR) is 80.4 cm³/mol. The van der Waals surface area contributed by atoms with Crippen LogP contribution < -0.4 is 4.74 Å². The van der Waals surface area contributed by atoms with E-state index in [0.717, 1.165) is 28.2 Å². The number of rotatable bonds is 5. The maximum atomic E-state index is 10.3. The molecule has 19 heavy (non-hydrogen) atoms. The van der Waals surface area contributed by atoms with Gasteiger partial charge in [-0.3, -0.25) is 0 Å². The Morgan fingerprint density at radius 1 is 1.32 bits per heavy atom. The van der Waals surface area contributed by atoms with Crippen LogP contribution in [0, 0.1) is 6.92 Å². The molecule has 0 bridgehead atoms. The SMILES string of the molecule is CCCOc1ccc(C(O)c2scc(C)c2Cl)cc1. The number of hydrogen-bond acceptors (Lipinski definition) is 3. The van der Waals surface area contributed by atoms with Gasteiger partial charge in [0.15, 0.2) is 0 Å². The van der Waals surface area contributed by atoms with Gasteiger partial charge in [0, 0.05) is 0 Å². The highest BCUT2D eigenvalue weighted by molar-refractivity contribution is 7.10. The van der Waals surface area contributed by atoms with E-state index in [4.69, 9.17) is 16.3 Å². The molecule has 2 aromatic rings. The summed E-state index contributed by atoms with van der Waals surface area (Å²) in [6.45, 7) is 4.72. The fourth-order valence-electron chi connectivity index (χ4n) is 1.75. The average Bonchev–Trinajstić information content (AvgIpc) is 2.76. The van der Waals surface area contributed by atoms with E-state index in [1.54, 1.807) is 0 Å². The molecule has 1 unspecified atom stereocenters. The minimum Gasteiger partial charge on any atom is -0.494 e. The maximum absolute atomic E-state index is 10.3. The van der Waals surface area contributed by atoms with Crippen LogP contribution in [0.5, 0.6) is 5.75 Å². The number of aliphatic hydroxyl groups excluding tert-OH is 1. The Bertz CT molecular complexity index is 534. The van der Waals surface area contributed by atoms with E-state index in [-0.39, 0.29) is 0 Å². The van der Waals surface area contributed by atoms with Gasteiger partial charge in [0.2, 0.25) is 0 Å². The summed E-state index contributed by atoms with van der Waals surface area (Å²) in [4.78, 5) is 0.793. The second-order valence-electron chi connectivity index (χ2n) is 4.42. The van der Waals surface area contributed by atoms with E-state index in [1.165, 1.54) is 11.3 Å². The molecule has 0 radical (unpaired) electrons. The lowest BCUT2D eigenvalue weighted by Gasteiger charge is -2.11. The molecule has 1 aromatic carbocycles. The van der Waals surface area contributed by atoms with Crippen LogP contribution in [-0.4, -0.2) is 11.7 Å². The molecule has 0 aliphatic rings. The summed E-state index contributed by atoms with van der Waals surface area (Å²) in [6, 6.07) is 7.51. The van der Waals surface area contributed by atoms with Crippen LogP contribution in [0.25, 0.3) is 0 Å². The predicted octanol–water partition coefficient (Wildman–Crippen LogP) is 4.58. The van der Waals surface area contributed by atoms with Crippen molar-refractivity contribution >= 4 is 22.9 Å². The second kappa shape index (κ2) is 6.42. The lowest BCUT2D eigenvalue weighted by Crippen LogP contribution is -1.99. The third-order valence-electron chi connectivity index (χ3n) is 2.84. The molecule has 0 aliphatic carbocycles. The van der Waals surface area contributed by atoms with E-state index >= 15 is 0 Å². The van der Waals surface area contributed by atoms with E-state index < -0.39 is 6.10 Å². The normalized spacial score (nSPS) is 12.4. The second-order valence-corrected chi connectivity index (χ2v) is 5.71. The highest BCUT2D eigenvalue weighted by Crippen LogP contribution is 2.35. The number of halogens is 1. The van der Waals surface area contributed by atoms with Crippen LogP contribution in [0.2, 0.25) is 5.02 Å². The van der Waals surface area contributed by atoms with Crippen molar-refractivity contribution in [2.75, 3.05) is 6.61 Å². The molecule has 2 rings (SSSR count). The number of benzene rings is 1. The smallest absolute Gasteiger partial charge is 0.119 e. The Morgan fingerprint density at radius 2 is 2.00 bits per heavy atom. The topological polar surface area (TPSA) is 29.5 Å². The number of ether oxygens (including phenoxy) is 1. The van der Waals surface area contributed by atoms with Gasteiger partial charge < -0.3 is 9.84 Å². The molecule has 2 nitrogen and oxygen atoms in total. The zero-order valence-corrected chi connectivity index (χ0v) is 12.6. The zero-order chi connectivity index (χ0) is 13.8. The first-order valence-electron chi connectivity index (χ1n) is 6.27. The molecule has 4 heteroatoms. The Balaban J connectivity index is 2.15. The van der Waals surface area contributed by atoms with Crippen molar-refractivity contribution in [1.29, 1.82) is 0 Å². The summed E-state index contributed by atoms with van der Waals surface area (Å²) in [5, 5.41) is 13.0. The zero-order valence-electron chi connectivity index (χ0n) is 11.0. The first-order chi connectivity index (χ1) is 9.13. The van der Waals surface area contributed by atoms with E-state index in [2.05, 4.69) is 6.92 Å². The summed E-state index contributed by atoms with van der Waals surface area (Å²) in [5.41, 5.74) is 1.83. The Morgan fingerprint density at radius 3 is 2.53 bits per heavy atom. The lowest BCUT2D eigenvalue weighted by molar-refractivity contribution is 0.224. The van der Waals surface area contributed by atoms with Crippen molar-refractivity contribution in [2.45, 2.75) is 26.4 Å². The van der Waals surface area contributed by atoms with Crippen LogP contribution in [0.15, 0.2) is 29.6 Å². The molecule has 1 heterocycles. The molecule has 102 valence electrons. The molecular weight excluding hydrogens is 280 g/mol. The largest absolute Gasteiger partial charge is 0.494 e. The molecule has 0 saturated heterocycles. The van der Waals surface area contributed by atoms with Crippen LogP contribution in [0.3, 0.4) is 0 Å². The van der Waals surface area contributed by atoms with E-state index in [0.29, 0.717) is 11.6 Å². The summed E-state index contributed by atoms with van der Waals surface area (Å²) >= 11 is 7.66. The van der Waals surface area contributed by atoms with Gasteiger partial charge in [0.25, 0.3) is 0 Å². The molecule has 0 amide bonds. The minimum absolute atomic E-state index is 0.656. The van der Waals surface area contributed by atoms with Gasteiger partial charge >= 0.3 is 0 Å². The molecular formula is C15H17ClO2S.